The fourth-order valence-electron chi connectivity index (χ4n) is 10.4. The van der Waals surface area contributed by atoms with Gasteiger partial charge in [-0.1, -0.05) is 159 Å². The van der Waals surface area contributed by atoms with Crippen LogP contribution in [0.15, 0.2) is 200 Å². The molecule has 1 aliphatic heterocycles. The summed E-state index contributed by atoms with van der Waals surface area (Å²) in [6, 6.07) is 73.6. The molecule has 12 rings (SSSR count). The number of anilines is 3. The number of hydrogen-bond acceptors (Lipinski definition) is 2. The van der Waals surface area contributed by atoms with Gasteiger partial charge in [0.2, 0.25) is 0 Å². The molecule has 2 heteroatoms. The summed E-state index contributed by atoms with van der Waals surface area (Å²) in [6.07, 6.45) is 0. The summed E-state index contributed by atoms with van der Waals surface area (Å²) in [7, 11) is 0. The molecule has 0 N–H and O–H groups in total. The molecular formula is C56H39NO. The van der Waals surface area contributed by atoms with Crippen LogP contribution < -0.4 is 9.64 Å². The van der Waals surface area contributed by atoms with Gasteiger partial charge in [-0.15, -0.1) is 0 Å². The maximum atomic E-state index is 6.55. The van der Waals surface area contributed by atoms with Gasteiger partial charge in [0.05, 0.1) is 5.41 Å². The monoisotopic (exact) mass is 741 g/mol. The second-order valence-corrected chi connectivity index (χ2v) is 16.5. The minimum absolute atomic E-state index is 0.0968. The predicted octanol–water partition coefficient (Wildman–Crippen LogP) is 14.8. The van der Waals surface area contributed by atoms with Crippen LogP contribution in [0.5, 0.6) is 11.5 Å². The van der Waals surface area contributed by atoms with E-state index in [2.05, 4.69) is 219 Å². The van der Waals surface area contributed by atoms with Gasteiger partial charge in [0.25, 0.3) is 0 Å². The molecule has 3 aliphatic rings. The minimum atomic E-state index is -0.466. The summed E-state index contributed by atoms with van der Waals surface area (Å²) in [6.45, 7) is 4.71. The number of fused-ring (bicyclic) bond motifs is 13. The normalized spacial score (nSPS) is 14.4. The molecule has 0 fully saturated rings. The van der Waals surface area contributed by atoms with Gasteiger partial charge in [-0.25, -0.2) is 0 Å². The largest absolute Gasteiger partial charge is 0.457 e. The van der Waals surface area contributed by atoms with E-state index in [-0.39, 0.29) is 5.41 Å². The smallest absolute Gasteiger partial charge is 0.132 e. The maximum Gasteiger partial charge on any atom is 0.132 e. The molecule has 0 saturated heterocycles. The van der Waals surface area contributed by atoms with E-state index in [1.807, 2.05) is 0 Å². The molecule has 0 unspecified atom stereocenters. The van der Waals surface area contributed by atoms with E-state index in [4.69, 9.17) is 4.74 Å². The quantitative estimate of drug-likeness (QED) is 0.178. The molecule has 0 amide bonds. The zero-order valence-electron chi connectivity index (χ0n) is 32.4. The van der Waals surface area contributed by atoms with E-state index >= 15 is 0 Å². The molecule has 274 valence electrons. The summed E-state index contributed by atoms with van der Waals surface area (Å²) in [5, 5.41) is 2.46. The van der Waals surface area contributed by atoms with Crippen molar-refractivity contribution in [3.63, 3.8) is 0 Å². The number of nitrogens with zero attached hydrogens (tertiary/aromatic N) is 1. The van der Waals surface area contributed by atoms with E-state index in [0.29, 0.717) is 0 Å². The highest BCUT2D eigenvalue weighted by Gasteiger charge is 2.51. The Morgan fingerprint density at radius 3 is 1.60 bits per heavy atom. The van der Waals surface area contributed by atoms with Crippen molar-refractivity contribution in [2.75, 3.05) is 4.90 Å². The van der Waals surface area contributed by atoms with E-state index in [0.717, 1.165) is 28.6 Å². The summed E-state index contributed by atoms with van der Waals surface area (Å²) in [5.41, 5.74) is 18.1. The van der Waals surface area contributed by atoms with Crippen molar-refractivity contribution >= 4 is 27.8 Å². The summed E-state index contributed by atoms with van der Waals surface area (Å²) >= 11 is 0. The lowest BCUT2D eigenvalue weighted by Gasteiger charge is -2.39. The highest BCUT2D eigenvalue weighted by atomic mass is 16.5. The van der Waals surface area contributed by atoms with Crippen molar-refractivity contribution in [2.45, 2.75) is 24.7 Å². The number of para-hydroxylation sites is 2. The fourth-order valence-corrected chi connectivity index (χ4v) is 10.4. The SMILES string of the molecule is CC1(C)c2ccccc2-c2ccc(N(c3ccc(-c4ccc5c(c4)-c4ccccc4C54c5ccccc5Oc5ccccc54)cc3)c3ccc4ccccc4c3)cc21. The average molecular weight is 742 g/mol. The van der Waals surface area contributed by atoms with Gasteiger partial charge in [0.1, 0.15) is 11.5 Å². The standard InChI is InChI=1S/C56H39NO/c1-55(2)47-17-7-5-15-43(47)45-31-30-42(35-52(45)55)57(41-29-25-36-13-3-4-14-38(36)33-41)40-27-23-37(24-28-40)39-26-32-49-46(34-39)44-16-6-8-18-48(44)56(49)50-19-9-11-21-53(50)58-54-22-12-10-20-51(54)56/h3-35H,1-2H3. The Kier molecular flexibility index (Phi) is 6.93. The maximum absolute atomic E-state index is 6.55. The van der Waals surface area contributed by atoms with E-state index in [1.165, 1.54) is 77.5 Å². The van der Waals surface area contributed by atoms with Crippen LogP contribution in [-0.4, -0.2) is 0 Å². The summed E-state index contributed by atoms with van der Waals surface area (Å²) < 4.78 is 6.55. The topological polar surface area (TPSA) is 12.5 Å². The Morgan fingerprint density at radius 1 is 0.345 bits per heavy atom. The van der Waals surface area contributed by atoms with Crippen LogP contribution in [0.3, 0.4) is 0 Å². The highest BCUT2D eigenvalue weighted by Crippen LogP contribution is 2.62. The van der Waals surface area contributed by atoms with Crippen LogP contribution in [0.4, 0.5) is 17.1 Å². The molecule has 9 aromatic carbocycles. The molecule has 2 nitrogen and oxygen atoms in total. The van der Waals surface area contributed by atoms with Crippen molar-refractivity contribution in [3.8, 4) is 44.9 Å². The molecule has 2 aliphatic carbocycles. The lowest BCUT2D eigenvalue weighted by atomic mass is 9.66. The molecular weight excluding hydrogens is 703 g/mol. The predicted molar refractivity (Wildman–Crippen MR) is 239 cm³/mol. The van der Waals surface area contributed by atoms with Crippen LogP contribution in [0.25, 0.3) is 44.2 Å². The summed E-state index contributed by atoms with van der Waals surface area (Å²) in [5.74, 6) is 1.83. The molecule has 58 heavy (non-hydrogen) atoms. The van der Waals surface area contributed by atoms with Gasteiger partial charge in [-0.05, 0) is 121 Å². The van der Waals surface area contributed by atoms with Gasteiger partial charge in [0, 0.05) is 33.6 Å². The van der Waals surface area contributed by atoms with Crippen molar-refractivity contribution < 1.29 is 4.74 Å². The second kappa shape index (κ2) is 12.2. The van der Waals surface area contributed by atoms with Crippen molar-refractivity contribution in [3.05, 3.63) is 234 Å². The van der Waals surface area contributed by atoms with Crippen molar-refractivity contribution in [1.29, 1.82) is 0 Å². The third-order valence-corrected chi connectivity index (χ3v) is 13.1. The van der Waals surface area contributed by atoms with Gasteiger partial charge in [0.15, 0.2) is 0 Å². The number of ether oxygens (including phenoxy) is 1. The molecule has 9 aromatic rings. The molecule has 0 aromatic heterocycles. The van der Waals surface area contributed by atoms with Gasteiger partial charge in [-0.3, -0.25) is 0 Å². The molecule has 0 radical (unpaired) electrons. The number of benzene rings is 9. The van der Waals surface area contributed by atoms with E-state index < -0.39 is 5.41 Å². The van der Waals surface area contributed by atoms with Gasteiger partial charge >= 0.3 is 0 Å². The minimum Gasteiger partial charge on any atom is -0.457 e. The van der Waals surface area contributed by atoms with Crippen LogP contribution in [-0.2, 0) is 10.8 Å². The van der Waals surface area contributed by atoms with Gasteiger partial charge < -0.3 is 9.64 Å². The van der Waals surface area contributed by atoms with Crippen LogP contribution in [0.1, 0.15) is 47.2 Å². The molecule has 0 bridgehead atoms. The van der Waals surface area contributed by atoms with Crippen molar-refractivity contribution in [1.82, 2.24) is 0 Å². The summed E-state index contributed by atoms with van der Waals surface area (Å²) in [4.78, 5) is 2.41. The third-order valence-electron chi connectivity index (χ3n) is 13.1. The third kappa shape index (κ3) is 4.54. The Bertz CT molecular complexity index is 3090. The van der Waals surface area contributed by atoms with Crippen LogP contribution >= 0.6 is 0 Å². The lowest BCUT2D eigenvalue weighted by Crippen LogP contribution is -2.32. The number of hydrogen-bond donors (Lipinski definition) is 0. The Labute approximate surface area is 339 Å². The van der Waals surface area contributed by atoms with Crippen LogP contribution in [0.2, 0.25) is 0 Å². The zero-order valence-corrected chi connectivity index (χ0v) is 32.4. The second-order valence-electron chi connectivity index (χ2n) is 16.5. The first kappa shape index (κ1) is 33.0. The lowest BCUT2D eigenvalue weighted by molar-refractivity contribution is 0.436. The van der Waals surface area contributed by atoms with E-state index in [1.54, 1.807) is 0 Å². The Morgan fingerprint density at radius 2 is 0.862 bits per heavy atom. The molecule has 1 heterocycles. The Hall–Kier alpha value is -7.16. The number of rotatable bonds is 4. The van der Waals surface area contributed by atoms with E-state index in [9.17, 15) is 0 Å². The Balaban J connectivity index is 0.986. The first-order chi connectivity index (χ1) is 28.5. The van der Waals surface area contributed by atoms with Crippen molar-refractivity contribution in [2.24, 2.45) is 0 Å². The first-order valence-electron chi connectivity index (χ1n) is 20.3. The van der Waals surface area contributed by atoms with Crippen LogP contribution in [0, 0.1) is 0 Å². The molecule has 1 spiro atoms. The first-order valence-corrected chi connectivity index (χ1v) is 20.3. The zero-order chi connectivity index (χ0) is 38.6. The average Bonchev–Trinajstić information content (AvgIpc) is 3.69. The fraction of sp³-hybridized carbons (Fsp3) is 0.0714. The molecule has 0 saturated carbocycles. The highest BCUT2D eigenvalue weighted by molar-refractivity contribution is 5.93. The molecule has 0 atom stereocenters. The van der Waals surface area contributed by atoms with Gasteiger partial charge in [-0.2, -0.15) is 0 Å².